The van der Waals surface area contributed by atoms with Gasteiger partial charge < -0.3 is 4.90 Å². The summed E-state index contributed by atoms with van der Waals surface area (Å²) in [6.07, 6.45) is 2.48. The SMILES string of the molecule is Cc1cnc(S(C)(=O)=O)nc1-c1nc2c(s1)C(C)(C)N(Cc1cccc(F)c1)C2=O. The van der Waals surface area contributed by atoms with Crippen LogP contribution in [0, 0.1) is 12.7 Å². The number of hydrogen-bond acceptors (Lipinski definition) is 7. The first-order valence-corrected chi connectivity index (χ1v) is 11.8. The van der Waals surface area contributed by atoms with Crippen LogP contribution in [-0.2, 0) is 21.9 Å². The van der Waals surface area contributed by atoms with Gasteiger partial charge in [0.2, 0.25) is 15.0 Å². The number of rotatable bonds is 4. The molecule has 156 valence electrons. The third-order valence-corrected chi connectivity index (χ3v) is 7.25. The molecule has 10 heteroatoms. The number of nitrogens with zero attached hydrogens (tertiary/aromatic N) is 4. The summed E-state index contributed by atoms with van der Waals surface area (Å²) in [6.45, 7) is 5.84. The summed E-state index contributed by atoms with van der Waals surface area (Å²) in [5, 5.41) is 0.188. The number of sulfone groups is 1. The van der Waals surface area contributed by atoms with Crippen molar-refractivity contribution < 1.29 is 17.6 Å². The number of benzene rings is 1. The minimum atomic E-state index is -3.58. The van der Waals surface area contributed by atoms with Gasteiger partial charge in [-0.1, -0.05) is 12.1 Å². The minimum absolute atomic E-state index is 0.253. The van der Waals surface area contributed by atoms with Crippen LogP contribution in [0.25, 0.3) is 10.7 Å². The van der Waals surface area contributed by atoms with Crippen LogP contribution in [0.5, 0.6) is 0 Å². The third kappa shape index (κ3) is 3.39. The van der Waals surface area contributed by atoms with E-state index in [-0.39, 0.29) is 23.4 Å². The Hall–Kier alpha value is -2.72. The number of aryl methyl sites for hydroxylation is 1. The molecule has 0 saturated heterocycles. The van der Waals surface area contributed by atoms with E-state index in [1.807, 2.05) is 13.8 Å². The number of carbonyl (C=O) groups excluding carboxylic acids is 1. The summed E-state index contributed by atoms with van der Waals surface area (Å²) in [6, 6.07) is 6.15. The molecule has 1 aliphatic rings. The first-order chi connectivity index (χ1) is 14.0. The molecule has 1 amide bonds. The van der Waals surface area contributed by atoms with Crippen LogP contribution < -0.4 is 0 Å². The molecule has 0 fully saturated rings. The second-order valence-corrected chi connectivity index (χ2v) is 10.6. The molecule has 1 aromatic carbocycles. The molecule has 0 spiro atoms. The summed E-state index contributed by atoms with van der Waals surface area (Å²) >= 11 is 1.30. The summed E-state index contributed by atoms with van der Waals surface area (Å²) < 4.78 is 37.2. The normalized spacial score (nSPS) is 15.5. The predicted octanol–water partition coefficient (Wildman–Crippen LogP) is 3.34. The standard InChI is InChI=1S/C20H19FN4O3S2/c1-11-9-22-19(30(4,27)28)24-14(11)17-23-15-16(29-17)20(2,3)25(18(15)26)10-12-6-5-7-13(21)8-12/h5-9H,10H2,1-4H3. The molecule has 4 rings (SSSR count). The lowest BCUT2D eigenvalue weighted by Crippen LogP contribution is -2.38. The van der Waals surface area contributed by atoms with Gasteiger partial charge in [0.1, 0.15) is 22.2 Å². The Morgan fingerprint density at radius 2 is 1.93 bits per heavy atom. The van der Waals surface area contributed by atoms with Gasteiger partial charge in [0, 0.05) is 19.0 Å². The van der Waals surface area contributed by atoms with Crippen LogP contribution >= 0.6 is 11.3 Å². The Labute approximate surface area is 177 Å². The number of aromatic nitrogens is 3. The third-order valence-electron chi connectivity index (χ3n) is 5.02. The Kier molecular flexibility index (Phi) is 4.74. The van der Waals surface area contributed by atoms with Crippen molar-refractivity contribution >= 4 is 27.1 Å². The van der Waals surface area contributed by atoms with E-state index in [0.717, 1.165) is 11.1 Å². The number of hydrogen-bond donors (Lipinski definition) is 0. The van der Waals surface area contributed by atoms with Crippen molar-refractivity contribution in [3.63, 3.8) is 0 Å². The van der Waals surface area contributed by atoms with Crippen LogP contribution in [0.2, 0.25) is 0 Å². The molecule has 0 radical (unpaired) electrons. The maximum Gasteiger partial charge on any atom is 0.274 e. The van der Waals surface area contributed by atoms with Gasteiger partial charge in [0.15, 0.2) is 0 Å². The summed E-state index contributed by atoms with van der Waals surface area (Å²) in [7, 11) is -3.58. The first kappa shape index (κ1) is 20.5. The van der Waals surface area contributed by atoms with Gasteiger partial charge in [-0.05, 0) is 44.0 Å². The largest absolute Gasteiger partial charge is 0.323 e. The Bertz CT molecular complexity index is 1280. The van der Waals surface area contributed by atoms with E-state index < -0.39 is 15.4 Å². The molecule has 3 aromatic rings. The molecule has 0 saturated carbocycles. The van der Waals surface area contributed by atoms with Crippen LogP contribution in [-0.4, -0.2) is 40.4 Å². The summed E-state index contributed by atoms with van der Waals surface area (Å²) in [5.41, 5.74) is 1.41. The van der Waals surface area contributed by atoms with Crippen LogP contribution in [0.3, 0.4) is 0 Å². The molecule has 30 heavy (non-hydrogen) atoms. The molecule has 0 N–H and O–H groups in total. The van der Waals surface area contributed by atoms with E-state index in [0.29, 0.717) is 27.5 Å². The second-order valence-electron chi connectivity index (χ2n) is 7.73. The Morgan fingerprint density at radius 1 is 1.20 bits per heavy atom. The van der Waals surface area contributed by atoms with Crippen molar-refractivity contribution in [3.05, 3.63) is 58.0 Å². The van der Waals surface area contributed by atoms with Crippen molar-refractivity contribution in [1.29, 1.82) is 0 Å². The number of fused-ring (bicyclic) bond motifs is 1. The zero-order valence-electron chi connectivity index (χ0n) is 16.8. The monoisotopic (exact) mass is 446 g/mol. The molecule has 7 nitrogen and oxygen atoms in total. The quantitative estimate of drug-likeness (QED) is 0.571. The van der Waals surface area contributed by atoms with E-state index in [4.69, 9.17) is 0 Å². The molecule has 0 atom stereocenters. The molecule has 1 aliphatic heterocycles. The number of amides is 1. The number of halogens is 1. The fourth-order valence-electron chi connectivity index (χ4n) is 3.39. The number of thiazole rings is 1. The highest BCUT2D eigenvalue weighted by molar-refractivity contribution is 7.90. The molecule has 3 heterocycles. The average molecular weight is 447 g/mol. The van der Waals surface area contributed by atoms with E-state index in [1.54, 1.807) is 24.0 Å². The van der Waals surface area contributed by atoms with Gasteiger partial charge in [0.25, 0.3) is 5.91 Å². The average Bonchev–Trinajstić information content (AvgIpc) is 3.16. The highest BCUT2D eigenvalue weighted by Crippen LogP contribution is 2.45. The lowest BCUT2D eigenvalue weighted by atomic mass is 10.0. The lowest BCUT2D eigenvalue weighted by Gasteiger charge is -2.32. The van der Waals surface area contributed by atoms with Gasteiger partial charge in [0.05, 0.1) is 10.4 Å². The van der Waals surface area contributed by atoms with Gasteiger partial charge in [-0.25, -0.2) is 27.8 Å². The highest BCUT2D eigenvalue weighted by atomic mass is 32.2. The smallest absolute Gasteiger partial charge is 0.274 e. The van der Waals surface area contributed by atoms with Crippen LogP contribution in [0.4, 0.5) is 4.39 Å². The van der Waals surface area contributed by atoms with Crippen molar-refractivity contribution in [3.8, 4) is 10.7 Å². The van der Waals surface area contributed by atoms with E-state index in [9.17, 15) is 17.6 Å². The van der Waals surface area contributed by atoms with Crippen LogP contribution in [0.15, 0.2) is 35.6 Å². The zero-order valence-corrected chi connectivity index (χ0v) is 18.4. The molecule has 0 aliphatic carbocycles. The van der Waals surface area contributed by atoms with E-state index in [2.05, 4.69) is 15.0 Å². The minimum Gasteiger partial charge on any atom is -0.323 e. The van der Waals surface area contributed by atoms with Crippen molar-refractivity contribution in [2.24, 2.45) is 0 Å². The summed E-state index contributed by atoms with van der Waals surface area (Å²) in [4.78, 5) is 28.1. The Balaban J connectivity index is 1.73. The Morgan fingerprint density at radius 3 is 2.57 bits per heavy atom. The topological polar surface area (TPSA) is 93.1 Å². The fourth-order valence-corrected chi connectivity index (χ4v) is 5.12. The van der Waals surface area contributed by atoms with E-state index in [1.165, 1.54) is 29.7 Å². The van der Waals surface area contributed by atoms with Gasteiger partial charge in [-0.2, -0.15) is 0 Å². The first-order valence-electron chi connectivity index (χ1n) is 9.10. The van der Waals surface area contributed by atoms with Crippen LogP contribution in [0.1, 0.15) is 40.3 Å². The molecule has 0 unspecified atom stereocenters. The maximum atomic E-state index is 13.6. The van der Waals surface area contributed by atoms with Gasteiger partial charge >= 0.3 is 0 Å². The molecular weight excluding hydrogens is 427 g/mol. The lowest BCUT2D eigenvalue weighted by molar-refractivity contribution is 0.0595. The van der Waals surface area contributed by atoms with Gasteiger partial charge in [-0.15, -0.1) is 11.3 Å². The van der Waals surface area contributed by atoms with E-state index >= 15 is 0 Å². The molecular formula is C20H19FN4O3S2. The predicted molar refractivity (Wildman–Crippen MR) is 110 cm³/mol. The number of carbonyl (C=O) groups is 1. The second kappa shape index (κ2) is 6.92. The van der Waals surface area contributed by atoms with Gasteiger partial charge in [-0.3, -0.25) is 4.79 Å². The molecule has 0 bridgehead atoms. The summed E-state index contributed by atoms with van der Waals surface area (Å²) in [5.74, 6) is -0.607. The maximum absolute atomic E-state index is 13.6. The van der Waals surface area contributed by atoms with Crippen molar-refractivity contribution in [1.82, 2.24) is 19.9 Å². The van der Waals surface area contributed by atoms with Crippen molar-refractivity contribution in [2.45, 2.75) is 38.0 Å². The zero-order chi connectivity index (χ0) is 21.8. The molecule has 2 aromatic heterocycles. The fraction of sp³-hybridized carbons (Fsp3) is 0.300. The highest BCUT2D eigenvalue weighted by Gasteiger charge is 2.46. The van der Waals surface area contributed by atoms with Crippen molar-refractivity contribution in [2.75, 3.05) is 6.26 Å².